The zero-order valence-electron chi connectivity index (χ0n) is 11.4. The summed E-state index contributed by atoms with van der Waals surface area (Å²) in [6, 6.07) is 11.5. The summed E-state index contributed by atoms with van der Waals surface area (Å²) in [6.07, 6.45) is 1.62. The van der Waals surface area contributed by atoms with Gasteiger partial charge in [0.2, 0.25) is 0 Å². The highest BCUT2D eigenvalue weighted by molar-refractivity contribution is 9.10. The van der Waals surface area contributed by atoms with Crippen molar-refractivity contribution in [2.45, 2.75) is 19.9 Å². The summed E-state index contributed by atoms with van der Waals surface area (Å²) >= 11 is 3.42. The van der Waals surface area contributed by atoms with Crippen LogP contribution in [-0.4, -0.2) is 16.9 Å². The quantitative estimate of drug-likeness (QED) is 0.896. The predicted molar refractivity (Wildman–Crippen MR) is 84.3 cm³/mol. The Kier molecular flexibility index (Phi) is 4.74. The Bertz CT molecular complexity index is 614. The summed E-state index contributed by atoms with van der Waals surface area (Å²) in [5.41, 5.74) is 2.17. The number of anilines is 2. The Morgan fingerprint density at radius 2 is 1.95 bits per heavy atom. The van der Waals surface area contributed by atoms with Crippen LogP contribution in [0.4, 0.5) is 11.4 Å². The van der Waals surface area contributed by atoms with Gasteiger partial charge in [-0.05, 0) is 44.2 Å². The first-order chi connectivity index (χ1) is 9.54. The molecule has 1 aromatic heterocycles. The number of hydrogen-bond acceptors (Lipinski definition) is 3. The highest BCUT2D eigenvalue weighted by Gasteiger charge is 2.09. The van der Waals surface area contributed by atoms with Crippen molar-refractivity contribution in [1.29, 1.82) is 0 Å². The minimum absolute atomic E-state index is 0.0889. The van der Waals surface area contributed by atoms with Crippen LogP contribution in [0.3, 0.4) is 0 Å². The Hall–Kier alpha value is -1.88. The van der Waals surface area contributed by atoms with E-state index in [-0.39, 0.29) is 11.9 Å². The molecule has 0 bridgehead atoms. The third-order valence-electron chi connectivity index (χ3n) is 2.53. The second-order valence-electron chi connectivity index (χ2n) is 4.69. The third kappa shape index (κ3) is 4.06. The van der Waals surface area contributed by atoms with Gasteiger partial charge in [0.15, 0.2) is 0 Å². The number of benzene rings is 1. The minimum atomic E-state index is -0.169. The van der Waals surface area contributed by atoms with E-state index in [0.717, 1.165) is 15.8 Å². The van der Waals surface area contributed by atoms with Crippen molar-refractivity contribution in [1.82, 2.24) is 10.3 Å². The van der Waals surface area contributed by atoms with Gasteiger partial charge in [0.1, 0.15) is 5.69 Å². The van der Waals surface area contributed by atoms with Crippen molar-refractivity contribution in [3.05, 3.63) is 52.8 Å². The van der Waals surface area contributed by atoms with E-state index in [9.17, 15) is 4.79 Å². The standard InChI is InChI=1S/C15H16BrN3O/c1-10(2)18-15(20)14-9-13(6-7-17-14)19-12-5-3-4-11(16)8-12/h3-10H,1-2H3,(H,17,19)(H,18,20). The van der Waals surface area contributed by atoms with Crippen molar-refractivity contribution in [2.24, 2.45) is 0 Å². The molecule has 0 saturated carbocycles. The van der Waals surface area contributed by atoms with Crippen LogP contribution in [0.25, 0.3) is 0 Å². The zero-order chi connectivity index (χ0) is 14.5. The largest absolute Gasteiger partial charge is 0.355 e. The summed E-state index contributed by atoms with van der Waals surface area (Å²) in [6.45, 7) is 3.84. The van der Waals surface area contributed by atoms with Crippen molar-refractivity contribution in [3.8, 4) is 0 Å². The summed E-state index contributed by atoms with van der Waals surface area (Å²) in [5, 5.41) is 6.07. The average molecular weight is 334 g/mol. The Morgan fingerprint density at radius 3 is 2.65 bits per heavy atom. The van der Waals surface area contributed by atoms with Crippen LogP contribution in [-0.2, 0) is 0 Å². The smallest absolute Gasteiger partial charge is 0.270 e. The van der Waals surface area contributed by atoms with Crippen molar-refractivity contribution in [2.75, 3.05) is 5.32 Å². The monoisotopic (exact) mass is 333 g/mol. The molecule has 2 N–H and O–H groups in total. The molecule has 1 amide bonds. The van der Waals surface area contributed by atoms with Crippen LogP contribution < -0.4 is 10.6 Å². The molecule has 20 heavy (non-hydrogen) atoms. The van der Waals surface area contributed by atoms with Gasteiger partial charge in [0, 0.05) is 28.1 Å². The lowest BCUT2D eigenvalue weighted by atomic mass is 10.2. The molecular formula is C15H16BrN3O. The van der Waals surface area contributed by atoms with E-state index in [1.807, 2.05) is 44.2 Å². The molecule has 5 heteroatoms. The van der Waals surface area contributed by atoms with Crippen LogP contribution in [0.1, 0.15) is 24.3 Å². The number of halogens is 1. The van der Waals surface area contributed by atoms with Gasteiger partial charge in [-0.25, -0.2) is 0 Å². The number of amides is 1. The Labute approximate surface area is 126 Å². The molecule has 0 fully saturated rings. The van der Waals surface area contributed by atoms with E-state index in [0.29, 0.717) is 5.69 Å². The molecule has 0 aliphatic heterocycles. The van der Waals surface area contributed by atoms with Crippen molar-refractivity contribution in [3.63, 3.8) is 0 Å². The maximum absolute atomic E-state index is 11.9. The van der Waals surface area contributed by atoms with Gasteiger partial charge in [-0.2, -0.15) is 0 Å². The molecule has 4 nitrogen and oxygen atoms in total. The Balaban J connectivity index is 2.15. The second-order valence-corrected chi connectivity index (χ2v) is 5.61. The van der Waals surface area contributed by atoms with Crippen LogP contribution >= 0.6 is 15.9 Å². The number of rotatable bonds is 4. The van der Waals surface area contributed by atoms with Gasteiger partial charge in [-0.3, -0.25) is 9.78 Å². The predicted octanol–water partition coefficient (Wildman–Crippen LogP) is 3.73. The third-order valence-corrected chi connectivity index (χ3v) is 3.02. The van der Waals surface area contributed by atoms with Gasteiger partial charge in [-0.1, -0.05) is 22.0 Å². The number of nitrogens with one attached hydrogen (secondary N) is 2. The summed E-state index contributed by atoms with van der Waals surface area (Å²) < 4.78 is 0.995. The highest BCUT2D eigenvalue weighted by Crippen LogP contribution is 2.20. The lowest BCUT2D eigenvalue weighted by molar-refractivity contribution is 0.0938. The van der Waals surface area contributed by atoms with Gasteiger partial charge in [-0.15, -0.1) is 0 Å². The number of nitrogens with zero attached hydrogens (tertiary/aromatic N) is 1. The average Bonchev–Trinajstić information content (AvgIpc) is 2.38. The maximum Gasteiger partial charge on any atom is 0.270 e. The highest BCUT2D eigenvalue weighted by atomic mass is 79.9. The van der Waals surface area contributed by atoms with Gasteiger partial charge in [0.25, 0.3) is 5.91 Å². The number of hydrogen-bond donors (Lipinski definition) is 2. The fourth-order valence-electron chi connectivity index (χ4n) is 1.70. The van der Waals surface area contributed by atoms with Crippen LogP contribution in [0.15, 0.2) is 47.1 Å². The van der Waals surface area contributed by atoms with Gasteiger partial charge >= 0.3 is 0 Å². The second kappa shape index (κ2) is 6.52. The molecular weight excluding hydrogens is 318 g/mol. The molecule has 0 radical (unpaired) electrons. The van der Waals surface area contributed by atoms with E-state index in [1.54, 1.807) is 12.3 Å². The minimum Gasteiger partial charge on any atom is -0.355 e. The topological polar surface area (TPSA) is 54.0 Å². The van der Waals surface area contributed by atoms with Gasteiger partial charge in [0.05, 0.1) is 0 Å². The fourth-order valence-corrected chi connectivity index (χ4v) is 2.10. The molecule has 0 saturated heterocycles. The molecule has 2 rings (SSSR count). The molecule has 0 unspecified atom stereocenters. The molecule has 0 atom stereocenters. The van der Waals surface area contributed by atoms with E-state index < -0.39 is 0 Å². The van der Waals surface area contributed by atoms with Crippen molar-refractivity contribution < 1.29 is 4.79 Å². The molecule has 104 valence electrons. The summed E-state index contributed by atoms with van der Waals surface area (Å²) in [4.78, 5) is 16.0. The summed E-state index contributed by atoms with van der Waals surface area (Å²) in [7, 11) is 0. The number of pyridine rings is 1. The van der Waals surface area contributed by atoms with E-state index in [2.05, 4.69) is 31.5 Å². The van der Waals surface area contributed by atoms with E-state index >= 15 is 0 Å². The molecule has 1 heterocycles. The molecule has 0 aliphatic rings. The maximum atomic E-state index is 11.9. The number of carbonyl (C=O) groups excluding carboxylic acids is 1. The fraction of sp³-hybridized carbons (Fsp3) is 0.200. The van der Waals surface area contributed by atoms with E-state index in [4.69, 9.17) is 0 Å². The van der Waals surface area contributed by atoms with Crippen LogP contribution in [0.5, 0.6) is 0 Å². The molecule has 1 aromatic carbocycles. The number of aromatic nitrogens is 1. The Morgan fingerprint density at radius 1 is 1.20 bits per heavy atom. The lowest BCUT2D eigenvalue weighted by Gasteiger charge is -2.10. The van der Waals surface area contributed by atoms with Crippen LogP contribution in [0.2, 0.25) is 0 Å². The first kappa shape index (κ1) is 14.5. The first-order valence-corrected chi connectivity index (χ1v) is 7.13. The molecule has 0 aliphatic carbocycles. The van der Waals surface area contributed by atoms with Gasteiger partial charge < -0.3 is 10.6 Å². The molecule has 0 spiro atoms. The lowest BCUT2D eigenvalue weighted by Crippen LogP contribution is -2.30. The van der Waals surface area contributed by atoms with E-state index in [1.165, 1.54) is 0 Å². The first-order valence-electron chi connectivity index (χ1n) is 6.34. The SMILES string of the molecule is CC(C)NC(=O)c1cc(Nc2cccc(Br)c2)ccn1. The van der Waals surface area contributed by atoms with Crippen molar-refractivity contribution >= 4 is 33.2 Å². The van der Waals surface area contributed by atoms with Crippen LogP contribution in [0, 0.1) is 0 Å². The zero-order valence-corrected chi connectivity index (χ0v) is 12.9. The number of carbonyl (C=O) groups is 1. The molecule has 2 aromatic rings. The normalized spacial score (nSPS) is 10.4. The summed E-state index contributed by atoms with van der Waals surface area (Å²) in [5.74, 6) is -0.169.